The molecule has 1 saturated heterocycles. The summed E-state index contributed by atoms with van der Waals surface area (Å²) >= 11 is 0. The first-order chi connectivity index (χ1) is 5.83. The minimum absolute atomic E-state index is 0.0973. The zero-order valence-electron chi connectivity index (χ0n) is 7.92. The van der Waals surface area contributed by atoms with Crippen LogP contribution in [0.1, 0.15) is 19.8 Å². The average molecular weight is 172 g/mol. The molecule has 1 atom stereocenters. The average Bonchev–Trinajstić information content (AvgIpc) is 2.16. The molecule has 1 rings (SSSR count). The summed E-state index contributed by atoms with van der Waals surface area (Å²) in [6.45, 7) is 7.55. The minimum Gasteiger partial charge on any atom is -0.393 e. The van der Waals surface area contributed by atoms with Crippen molar-refractivity contribution in [1.82, 2.24) is 10.2 Å². The molecule has 1 aliphatic rings. The van der Waals surface area contributed by atoms with Crippen LogP contribution in [-0.2, 0) is 0 Å². The van der Waals surface area contributed by atoms with Gasteiger partial charge in [-0.3, -0.25) is 0 Å². The van der Waals surface area contributed by atoms with E-state index in [0.29, 0.717) is 0 Å². The van der Waals surface area contributed by atoms with Crippen LogP contribution in [0.5, 0.6) is 0 Å². The van der Waals surface area contributed by atoms with Gasteiger partial charge in [0.1, 0.15) is 0 Å². The molecular formula is C9H20N2O. The molecule has 1 aliphatic heterocycles. The van der Waals surface area contributed by atoms with Crippen LogP contribution >= 0.6 is 0 Å². The van der Waals surface area contributed by atoms with E-state index in [-0.39, 0.29) is 6.10 Å². The van der Waals surface area contributed by atoms with Crippen LogP contribution < -0.4 is 5.32 Å². The maximum atomic E-state index is 9.35. The van der Waals surface area contributed by atoms with E-state index in [0.717, 1.165) is 45.6 Å². The molecule has 0 bridgehead atoms. The highest BCUT2D eigenvalue weighted by Gasteiger charge is 2.10. The van der Waals surface area contributed by atoms with Crippen molar-refractivity contribution in [3.8, 4) is 0 Å². The minimum atomic E-state index is -0.0973. The van der Waals surface area contributed by atoms with E-state index in [1.165, 1.54) is 0 Å². The molecule has 3 heteroatoms. The maximum Gasteiger partial charge on any atom is 0.0549 e. The molecule has 3 nitrogen and oxygen atoms in total. The summed E-state index contributed by atoms with van der Waals surface area (Å²) in [5.41, 5.74) is 0. The quantitative estimate of drug-likeness (QED) is 0.629. The first kappa shape index (κ1) is 9.96. The SMILES string of the molecule is CCC(O)CCN1CCNCC1. The lowest BCUT2D eigenvalue weighted by molar-refractivity contribution is 0.132. The van der Waals surface area contributed by atoms with Gasteiger partial charge < -0.3 is 15.3 Å². The van der Waals surface area contributed by atoms with Crippen LogP contribution in [0.4, 0.5) is 0 Å². The molecule has 0 amide bonds. The Hall–Kier alpha value is -0.120. The molecule has 1 unspecified atom stereocenters. The van der Waals surface area contributed by atoms with Crippen molar-refractivity contribution in [3.63, 3.8) is 0 Å². The van der Waals surface area contributed by atoms with Crippen LogP contribution in [0.3, 0.4) is 0 Å². The number of aliphatic hydroxyl groups is 1. The molecule has 1 fully saturated rings. The van der Waals surface area contributed by atoms with Crippen molar-refractivity contribution in [1.29, 1.82) is 0 Å². The molecule has 72 valence electrons. The van der Waals surface area contributed by atoms with Crippen LogP contribution in [0.2, 0.25) is 0 Å². The molecule has 0 saturated carbocycles. The number of nitrogens with one attached hydrogen (secondary N) is 1. The molecule has 1 heterocycles. The number of rotatable bonds is 4. The molecule has 0 aromatic heterocycles. The highest BCUT2D eigenvalue weighted by Crippen LogP contribution is 2.00. The Morgan fingerprint density at radius 2 is 2.08 bits per heavy atom. The maximum absolute atomic E-state index is 9.35. The number of aliphatic hydroxyl groups excluding tert-OH is 1. The van der Waals surface area contributed by atoms with Crippen LogP contribution in [0.25, 0.3) is 0 Å². The van der Waals surface area contributed by atoms with Gasteiger partial charge in [-0.25, -0.2) is 0 Å². The van der Waals surface area contributed by atoms with Gasteiger partial charge in [-0.05, 0) is 12.8 Å². The van der Waals surface area contributed by atoms with Gasteiger partial charge in [0.05, 0.1) is 6.10 Å². The summed E-state index contributed by atoms with van der Waals surface area (Å²) in [6, 6.07) is 0. The molecule has 12 heavy (non-hydrogen) atoms. The topological polar surface area (TPSA) is 35.5 Å². The Labute approximate surface area is 74.8 Å². The highest BCUT2D eigenvalue weighted by molar-refractivity contribution is 4.68. The zero-order valence-corrected chi connectivity index (χ0v) is 7.92. The summed E-state index contributed by atoms with van der Waals surface area (Å²) in [5.74, 6) is 0. The Morgan fingerprint density at radius 3 is 2.67 bits per heavy atom. The molecule has 0 aromatic carbocycles. The van der Waals surface area contributed by atoms with Crippen LogP contribution in [-0.4, -0.2) is 48.8 Å². The Bertz CT molecular complexity index is 113. The third-order valence-corrected chi connectivity index (χ3v) is 2.46. The van der Waals surface area contributed by atoms with Crippen LogP contribution in [0, 0.1) is 0 Å². The summed E-state index contributed by atoms with van der Waals surface area (Å²) < 4.78 is 0. The predicted octanol–water partition coefficient (Wildman–Crippen LogP) is 0.0526. The third kappa shape index (κ3) is 3.52. The van der Waals surface area contributed by atoms with Gasteiger partial charge in [-0.15, -0.1) is 0 Å². The number of nitrogens with zero attached hydrogens (tertiary/aromatic N) is 1. The lowest BCUT2D eigenvalue weighted by atomic mass is 10.2. The Morgan fingerprint density at radius 1 is 1.42 bits per heavy atom. The lowest BCUT2D eigenvalue weighted by Crippen LogP contribution is -2.44. The predicted molar refractivity (Wildman–Crippen MR) is 50.2 cm³/mol. The summed E-state index contributed by atoms with van der Waals surface area (Å²) in [7, 11) is 0. The normalized spacial score (nSPS) is 22.5. The van der Waals surface area contributed by atoms with Crippen LogP contribution in [0.15, 0.2) is 0 Å². The summed E-state index contributed by atoms with van der Waals surface area (Å²) in [4.78, 5) is 2.41. The van der Waals surface area contributed by atoms with Gasteiger partial charge in [-0.2, -0.15) is 0 Å². The van der Waals surface area contributed by atoms with Gasteiger partial charge in [0.2, 0.25) is 0 Å². The van der Waals surface area contributed by atoms with Gasteiger partial charge in [0.25, 0.3) is 0 Å². The fourth-order valence-corrected chi connectivity index (χ4v) is 1.47. The van der Waals surface area contributed by atoms with E-state index in [2.05, 4.69) is 10.2 Å². The fraction of sp³-hybridized carbons (Fsp3) is 1.00. The fourth-order valence-electron chi connectivity index (χ4n) is 1.47. The van der Waals surface area contributed by atoms with E-state index in [1.807, 2.05) is 6.92 Å². The second-order valence-corrected chi connectivity index (χ2v) is 3.44. The van der Waals surface area contributed by atoms with E-state index < -0.39 is 0 Å². The standard InChI is InChI=1S/C9H20N2O/c1-2-9(12)3-6-11-7-4-10-5-8-11/h9-10,12H,2-8H2,1H3. The van der Waals surface area contributed by atoms with Gasteiger partial charge in [0, 0.05) is 32.7 Å². The van der Waals surface area contributed by atoms with E-state index in [9.17, 15) is 5.11 Å². The van der Waals surface area contributed by atoms with Crippen molar-refractivity contribution < 1.29 is 5.11 Å². The Balaban J connectivity index is 2.05. The lowest BCUT2D eigenvalue weighted by Gasteiger charge is -2.27. The second-order valence-electron chi connectivity index (χ2n) is 3.44. The smallest absolute Gasteiger partial charge is 0.0549 e. The van der Waals surface area contributed by atoms with Gasteiger partial charge in [-0.1, -0.05) is 6.92 Å². The molecule has 2 N–H and O–H groups in total. The first-order valence-electron chi connectivity index (χ1n) is 4.94. The van der Waals surface area contributed by atoms with Crippen molar-refractivity contribution in [2.45, 2.75) is 25.9 Å². The second kappa shape index (κ2) is 5.51. The summed E-state index contributed by atoms with van der Waals surface area (Å²) in [6.07, 6.45) is 1.71. The van der Waals surface area contributed by atoms with Crippen molar-refractivity contribution in [3.05, 3.63) is 0 Å². The van der Waals surface area contributed by atoms with Gasteiger partial charge in [0.15, 0.2) is 0 Å². The third-order valence-electron chi connectivity index (χ3n) is 2.46. The van der Waals surface area contributed by atoms with Gasteiger partial charge >= 0.3 is 0 Å². The van der Waals surface area contributed by atoms with Crippen molar-refractivity contribution >= 4 is 0 Å². The zero-order chi connectivity index (χ0) is 8.81. The molecule has 0 radical (unpaired) electrons. The summed E-state index contributed by atoms with van der Waals surface area (Å²) in [5, 5.41) is 12.7. The van der Waals surface area contributed by atoms with E-state index in [4.69, 9.17) is 0 Å². The first-order valence-corrected chi connectivity index (χ1v) is 4.94. The Kier molecular flexibility index (Phi) is 4.58. The molecule has 0 spiro atoms. The van der Waals surface area contributed by atoms with Crippen molar-refractivity contribution in [2.24, 2.45) is 0 Å². The highest BCUT2D eigenvalue weighted by atomic mass is 16.3. The van der Waals surface area contributed by atoms with Crippen molar-refractivity contribution in [2.75, 3.05) is 32.7 Å². The molecule has 0 aliphatic carbocycles. The monoisotopic (exact) mass is 172 g/mol. The number of hydrogen-bond donors (Lipinski definition) is 2. The largest absolute Gasteiger partial charge is 0.393 e. The van der Waals surface area contributed by atoms with E-state index >= 15 is 0 Å². The molecule has 0 aromatic rings. The number of hydrogen-bond acceptors (Lipinski definition) is 3. The number of piperazine rings is 1. The molecular weight excluding hydrogens is 152 g/mol. The van der Waals surface area contributed by atoms with E-state index in [1.54, 1.807) is 0 Å².